The molecule has 3 unspecified atom stereocenters. The lowest BCUT2D eigenvalue weighted by atomic mass is 9.80. The summed E-state index contributed by atoms with van der Waals surface area (Å²) in [6.07, 6.45) is 2.84. The maximum absolute atomic E-state index is 12.5. The van der Waals surface area contributed by atoms with Crippen LogP contribution in [0.1, 0.15) is 29.4 Å². The lowest BCUT2D eigenvalue weighted by Gasteiger charge is -2.37. The van der Waals surface area contributed by atoms with Crippen molar-refractivity contribution in [3.63, 3.8) is 0 Å². The van der Waals surface area contributed by atoms with E-state index in [-0.39, 0.29) is 23.8 Å². The third-order valence-electron chi connectivity index (χ3n) is 6.20. The number of amides is 1. The minimum Gasteiger partial charge on any atom is -0.344 e. The van der Waals surface area contributed by atoms with Crippen LogP contribution >= 0.6 is 15.9 Å². The molecule has 29 heavy (non-hydrogen) atoms. The number of aromatic nitrogens is 4. The van der Waals surface area contributed by atoms with Gasteiger partial charge in [0.05, 0.1) is 24.5 Å². The number of imidazole rings is 1. The number of carbonyl (C=O) groups excluding carboxylic acids is 1. The average molecular weight is 455 g/mol. The van der Waals surface area contributed by atoms with E-state index in [4.69, 9.17) is 4.98 Å². The Hall–Kier alpha value is -2.32. The molecule has 3 atom stereocenters. The van der Waals surface area contributed by atoms with Crippen LogP contribution in [-0.2, 0) is 11.3 Å². The van der Waals surface area contributed by atoms with E-state index in [0.29, 0.717) is 18.7 Å². The van der Waals surface area contributed by atoms with E-state index in [2.05, 4.69) is 47.9 Å². The Bertz CT molecular complexity index is 1080. The van der Waals surface area contributed by atoms with Gasteiger partial charge >= 0.3 is 0 Å². The fourth-order valence-electron chi connectivity index (χ4n) is 4.65. The molecule has 150 valence electrons. The zero-order valence-electron chi connectivity index (χ0n) is 16.5. The minimum absolute atomic E-state index is 0.106. The lowest BCUT2D eigenvalue weighted by molar-refractivity contribution is -0.136. The van der Waals surface area contributed by atoms with Crippen LogP contribution in [0.4, 0.5) is 0 Å². The highest BCUT2D eigenvalue weighted by molar-refractivity contribution is 9.10. The third kappa shape index (κ3) is 3.24. The van der Waals surface area contributed by atoms with Crippen molar-refractivity contribution in [2.75, 3.05) is 20.1 Å². The molecule has 2 fully saturated rings. The fourth-order valence-corrected chi connectivity index (χ4v) is 4.92. The summed E-state index contributed by atoms with van der Waals surface area (Å²) in [6.45, 7) is 4.25. The van der Waals surface area contributed by atoms with Crippen LogP contribution in [0, 0.1) is 12.8 Å². The van der Waals surface area contributed by atoms with E-state index in [1.165, 1.54) is 5.56 Å². The lowest BCUT2D eigenvalue weighted by Crippen LogP contribution is -2.53. The summed E-state index contributed by atoms with van der Waals surface area (Å²) >= 11 is 3.49. The minimum atomic E-state index is -0.106. The van der Waals surface area contributed by atoms with Crippen molar-refractivity contribution >= 4 is 33.1 Å². The van der Waals surface area contributed by atoms with Gasteiger partial charge in [0.2, 0.25) is 5.91 Å². The quantitative estimate of drug-likeness (QED) is 0.657. The van der Waals surface area contributed by atoms with Crippen LogP contribution in [0.15, 0.2) is 34.9 Å². The van der Waals surface area contributed by atoms with Crippen LogP contribution in [0.2, 0.25) is 0 Å². The molecule has 2 aromatic heterocycles. The van der Waals surface area contributed by atoms with Gasteiger partial charge in [0, 0.05) is 24.0 Å². The van der Waals surface area contributed by atoms with Gasteiger partial charge in [0.15, 0.2) is 11.3 Å². The Morgan fingerprint density at radius 1 is 1.24 bits per heavy atom. The molecular weight excluding hydrogens is 432 g/mol. The van der Waals surface area contributed by atoms with Crippen molar-refractivity contribution in [3.8, 4) is 0 Å². The van der Waals surface area contributed by atoms with Crippen LogP contribution in [0.5, 0.6) is 0 Å². The van der Waals surface area contributed by atoms with Crippen molar-refractivity contribution in [1.29, 1.82) is 0 Å². The van der Waals surface area contributed by atoms with Gasteiger partial charge in [0.25, 0.3) is 0 Å². The predicted octanol–water partition coefficient (Wildman–Crippen LogP) is 2.48. The summed E-state index contributed by atoms with van der Waals surface area (Å²) in [5, 5.41) is 3.37. The largest absolute Gasteiger partial charge is 0.344 e. The smallest absolute Gasteiger partial charge is 0.239 e. The van der Waals surface area contributed by atoms with Crippen molar-refractivity contribution in [3.05, 3.63) is 52.0 Å². The topological polar surface area (TPSA) is 75.9 Å². The highest BCUT2D eigenvalue weighted by Gasteiger charge is 2.45. The van der Waals surface area contributed by atoms with Gasteiger partial charge in [-0.05, 0) is 43.5 Å². The summed E-state index contributed by atoms with van der Waals surface area (Å²) in [5.74, 6) is 1.55. The van der Waals surface area contributed by atoms with Crippen LogP contribution < -0.4 is 5.32 Å². The van der Waals surface area contributed by atoms with Gasteiger partial charge in [-0.25, -0.2) is 15.0 Å². The first kappa shape index (κ1) is 18.7. The summed E-state index contributed by atoms with van der Waals surface area (Å²) in [7, 11) is 1.87. The van der Waals surface area contributed by atoms with Crippen molar-refractivity contribution in [1.82, 2.24) is 29.7 Å². The normalized spacial score (nSPS) is 24.3. The molecule has 1 amide bonds. The highest BCUT2D eigenvalue weighted by atomic mass is 79.9. The molecule has 1 aromatic carbocycles. The van der Waals surface area contributed by atoms with Gasteiger partial charge in [-0.15, -0.1) is 0 Å². The van der Waals surface area contributed by atoms with E-state index in [1.54, 1.807) is 0 Å². The summed E-state index contributed by atoms with van der Waals surface area (Å²) < 4.78 is 3.18. The van der Waals surface area contributed by atoms with E-state index < -0.39 is 0 Å². The molecule has 0 bridgehead atoms. The number of benzene rings is 1. The molecule has 2 aliphatic rings. The van der Waals surface area contributed by atoms with E-state index in [9.17, 15) is 4.79 Å². The molecule has 8 heteroatoms. The van der Waals surface area contributed by atoms with Crippen molar-refractivity contribution < 1.29 is 4.79 Å². The van der Waals surface area contributed by atoms with Crippen LogP contribution in [-0.4, -0.2) is 56.5 Å². The van der Waals surface area contributed by atoms with Gasteiger partial charge < -0.3 is 14.8 Å². The third-order valence-corrected chi connectivity index (χ3v) is 6.73. The number of nitrogens with one attached hydrogen (secondary N) is 1. The summed E-state index contributed by atoms with van der Waals surface area (Å²) in [6, 6.07) is 8.18. The van der Waals surface area contributed by atoms with E-state index in [0.717, 1.165) is 34.6 Å². The van der Waals surface area contributed by atoms with E-state index in [1.807, 2.05) is 37.2 Å². The molecule has 5 rings (SSSR count). The first-order valence-electron chi connectivity index (χ1n) is 9.94. The number of likely N-dealkylation sites (N-methyl/N-ethyl adjacent to an activating group) is 1. The van der Waals surface area contributed by atoms with Gasteiger partial charge in [0.1, 0.15) is 5.82 Å². The standard InChI is InChI=1S/C21H23BrN6O/c1-12-25-19-20(28(12)10-13-3-5-14(22)6-4-13)26-17(9-24-19)16-11-27(2)21(29)18-15(16)7-8-23-18/h3-6,9,15-16,18,23H,7-8,10-11H2,1-2H3. The zero-order valence-corrected chi connectivity index (χ0v) is 18.1. The molecule has 0 aliphatic carbocycles. The fraction of sp³-hybridized carbons (Fsp3) is 0.429. The van der Waals surface area contributed by atoms with Gasteiger partial charge in [-0.3, -0.25) is 4.79 Å². The monoisotopic (exact) mass is 454 g/mol. The number of rotatable bonds is 3. The van der Waals surface area contributed by atoms with Gasteiger partial charge in [-0.2, -0.15) is 0 Å². The van der Waals surface area contributed by atoms with E-state index >= 15 is 0 Å². The number of nitrogens with zero attached hydrogens (tertiary/aromatic N) is 5. The Kier molecular flexibility index (Phi) is 4.63. The molecule has 3 aromatic rings. The molecule has 4 heterocycles. The molecule has 0 spiro atoms. The number of aryl methyl sites for hydroxylation is 1. The molecule has 1 N–H and O–H groups in total. The first-order valence-corrected chi connectivity index (χ1v) is 10.7. The Balaban J connectivity index is 1.53. The molecule has 7 nitrogen and oxygen atoms in total. The maximum Gasteiger partial charge on any atom is 0.239 e. The highest BCUT2D eigenvalue weighted by Crippen LogP contribution is 2.37. The number of hydrogen-bond donors (Lipinski definition) is 1. The molecule has 0 radical (unpaired) electrons. The molecular formula is C21H23BrN6O. The Labute approximate surface area is 177 Å². The number of carbonyl (C=O) groups is 1. The average Bonchev–Trinajstić information content (AvgIpc) is 3.31. The predicted molar refractivity (Wildman–Crippen MR) is 114 cm³/mol. The van der Waals surface area contributed by atoms with Crippen molar-refractivity contribution in [2.24, 2.45) is 5.92 Å². The molecule has 0 saturated carbocycles. The number of piperidine rings is 1. The maximum atomic E-state index is 12.5. The Morgan fingerprint density at radius 2 is 2.03 bits per heavy atom. The first-order chi connectivity index (χ1) is 14.0. The second-order valence-corrected chi connectivity index (χ2v) is 8.94. The number of halogens is 1. The van der Waals surface area contributed by atoms with Gasteiger partial charge in [-0.1, -0.05) is 28.1 Å². The summed E-state index contributed by atoms with van der Waals surface area (Å²) in [4.78, 5) is 28.6. The van der Waals surface area contributed by atoms with Crippen molar-refractivity contribution in [2.45, 2.75) is 31.8 Å². The summed E-state index contributed by atoms with van der Waals surface area (Å²) in [5.41, 5.74) is 3.62. The molecule has 2 saturated heterocycles. The SMILES string of the molecule is Cc1nc2ncc(C3CN(C)C(=O)C4NCCC43)nc2n1Cc1ccc(Br)cc1. The number of hydrogen-bond acceptors (Lipinski definition) is 5. The second-order valence-electron chi connectivity index (χ2n) is 8.02. The zero-order chi connectivity index (χ0) is 20.1. The number of likely N-dealkylation sites (tertiary alicyclic amines) is 1. The van der Waals surface area contributed by atoms with Crippen LogP contribution in [0.3, 0.4) is 0 Å². The number of fused-ring (bicyclic) bond motifs is 2. The molecule has 2 aliphatic heterocycles. The van der Waals surface area contributed by atoms with Crippen LogP contribution in [0.25, 0.3) is 11.3 Å². The second kappa shape index (κ2) is 7.18. The Morgan fingerprint density at radius 3 is 2.83 bits per heavy atom.